The molecule has 236 valence electrons. The molecule has 5 aromatic rings. The maximum absolute atomic E-state index is 13.4. The molecule has 0 radical (unpaired) electrons. The third kappa shape index (κ3) is 6.19. The highest BCUT2D eigenvalue weighted by Crippen LogP contribution is 2.33. The van der Waals surface area contributed by atoms with Gasteiger partial charge in [0.15, 0.2) is 11.6 Å². The molecule has 6 heterocycles. The second-order valence-corrected chi connectivity index (χ2v) is 12.3. The van der Waals surface area contributed by atoms with Crippen molar-refractivity contribution in [3.63, 3.8) is 0 Å². The van der Waals surface area contributed by atoms with Crippen molar-refractivity contribution in [2.24, 2.45) is 0 Å². The summed E-state index contributed by atoms with van der Waals surface area (Å²) in [4.78, 5) is 27.8. The molecule has 1 aliphatic rings. The Morgan fingerprint density at radius 3 is 2.41 bits per heavy atom. The molecule has 12 nitrogen and oxygen atoms in total. The van der Waals surface area contributed by atoms with Gasteiger partial charge in [-0.25, -0.2) is 28.4 Å². The van der Waals surface area contributed by atoms with Gasteiger partial charge in [0, 0.05) is 56.7 Å². The summed E-state index contributed by atoms with van der Waals surface area (Å²) in [6, 6.07) is 12.0. The van der Waals surface area contributed by atoms with E-state index in [1.807, 2.05) is 57.1 Å². The van der Waals surface area contributed by atoms with Crippen LogP contribution in [0.3, 0.4) is 0 Å². The molecule has 0 aliphatic carbocycles. The molecule has 0 N–H and O–H groups in total. The van der Waals surface area contributed by atoms with Crippen molar-refractivity contribution in [3.8, 4) is 23.0 Å². The summed E-state index contributed by atoms with van der Waals surface area (Å²) in [6.07, 6.45) is 9.17. The average Bonchev–Trinajstić information content (AvgIpc) is 3.69. The van der Waals surface area contributed by atoms with Gasteiger partial charge >= 0.3 is 6.09 Å². The number of rotatable bonds is 6. The molecule has 0 bridgehead atoms. The van der Waals surface area contributed by atoms with Crippen LogP contribution in [0.5, 0.6) is 0 Å². The van der Waals surface area contributed by atoms with E-state index < -0.39 is 11.4 Å². The number of aromatic nitrogens is 6. The van der Waals surface area contributed by atoms with Crippen LogP contribution in [-0.4, -0.2) is 79.2 Å². The average molecular weight is 623 g/mol. The fraction of sp³-hybridized carbons (Fsp3) is 0.333. The van der Waals surface area contributed by atoms with Gasteiger partial charge < -0.3 is 19.4 Å². The monoisotopic (exact) mass is 622 g/mol. The third-order valence-electron chi connectivity index (χ3n) is 8.05. The van der Waals surface area contributed by atoms with Gasteiger partial charge in [-0.05, 0) is 57.5 Å². The van der Waals surface area contributed by atoms with Crippen molar-refractivity contribution in [2.75, 3.05) is 43.0 Å². The largest absolute Gasteiger partial charge is 0.444 e. The summed E-state index contributed by atoms with van der Waals surface area (Å²) in [5.41, 5.74) is 4.21. The zero-order valence-corrected chi connectivity index (χ0v) is 26.4. The van der Waals surface area contributed by atoms with E-state index in [1.54, 1.807) is 34.1 Å². The number of hydrogen-bond donors (Lipinski definition) is 0. The maximum atomic E-state index is 13.4. The van der Waals surface area contributed by atoms with Gasteiger partial charge in [0.1, 0.15) is 17.5 Å². The molecule has 1 amide bonds. The number of nitrogens with zero attached hydrogens (tertiary/aromatic N) is 10. The Kier molecular flexibility index (Phi) is 8.04. The lowest BCUT2D eigenvalue weighted by molar-refractivity contribution is 0.0240. The van der Waals surface area contributed by atoms with Crippen LogP contribution in [0, 0.1) is 17.1 Å². The summed E-state index contributed by atoms with van der Waals surface area (Å²) in [5, 5.41) is 18.3. The van der Waals surface area contributed by atoms with Crippen LogP contribution < -0.4 is 9.80 Å². The van der Waals surface area contributed by atoms with Gasteiger partial charge in [-0.1, -0.05) is 6.07 Å². The quantitative estimate of drug-likeness (QED) is 0.250. The van der Waals surface area contributed by atoms with Crippen LogP contribution in [0.2, 0.25) is 0 Å². The highest BCUT2D eigenvalue weighted by molar-refractivity contribution is 5.86. The minimum Gasteiger partial charge on any atom is -0.444 e. The van der Waals surface area contributed by atoms with Gasteiger partial charge in [-0.15, -0.1) is 0 Å². The second-order valence-electron chi connectivity index (χ2n) is 12.3. The first-order valence-electron chi connectivity index (χ1n) is 15.0. The molecule has 1 fully saturated rings. The number of amides is 1. The third-order valence-corrected chi connectivity index (χ3v) is 8.05. The summed E-state index contributed by atoms with van der Waals surface area (Å²) < 4.78 is 22.1. The molecular weight excluding hydrogens is 587 g/mol. The Morgan fingerprint density at radius 2 is 1.80 bits per heavy atom. The number of hydrogen-bond acceptors (Lipinski definition) is 9. The molecule has 13 heteroatoms. The smallest absolute Gasteiger partial charge is 0.410 e. The number of carbonyl (C=O) groups is 1. The highest BCUT2D eigenvalue weighted by atomic mass is 19.1. The SMILES string of the molecule is C[C@@H](c1ccc(-n2cc(F)cn2)nc1)N(C)c1ccc(-c2cc(N3CCN(C(=O)OC(C)(C)C)CC3)cn3ncc(C#N)c23)cn1. The summed E-state index contributed by atoms with van der Waals surface area (Å²) >= 11 is 0. The van der Waals surface area contributed by atoms with E-state index in [1.165, 1.54) is 10.9 Å². The number of nitriles is 1. The molecule has 5 aromatic heterocycles. The molecule has 6 rings (SSSR count). The summed E-state index contributed by atoms with van der Waals surface area (Å²) in [6.45, 7) is 9.97. The first-order valence-corrected chi connectivity index (χ1v) is 15.0. The van der Waals surface area contributed by atoms with Crippen molar-refractivity contribution in [1.82, 2.24) is 34.3 Å². The van der Waals surface area contributed by atoms with Crippen LogP contribution in [0.25, 0.3) is 22.5 Å². The lowest BCUT2D eigenvalue weighted by Crippen LogP contribution is -2.50. The van der Waals surface area contributed by atoms with Gasteiger partial charge in [0.05, 0.1) is 47.6 Å². The molecule has 0 saturated carbocycles. The van der Waals surface area contributed by atoms with Gasteiger partial charge in [-0.3, -0.25) is 0 Å². The van der Waals surface area contributed by atoms with E-state index in [0.717, 1.165) is 34.4 Å². The summed E-state index contributed by atoms with van der Waals surface area (Å²) in [7, 11) is 1.96. The van der Waals surface area contributed by atoms with E-state index >= 15 is 0 Å². The first-order chi connectivity index (χ1) is 22.0. The minimum absolute atomic E-state index is 0.0522. The second kappa shape index (κ2) is 12.1. The predicted molar refractivity (Wildman–Crippen MR) is 171 cm³/mol. The Hall–Kier alpha value is -5.51. The number of carbonyl (C=O) groups excluding carboxylic acids is 1. The van der Waals surface area contributed by atoms with E-state index in [2.05, 4.69) is 39.1 Å². The number of anilines is 2. The lowest BCUT2D eigenvalue weighted by atomic mass is 10.0. The van der Waals surface area contributed by atoms with Crippen molar-refractivity contribution >= 4 is 23.1 Å². The Bertz CT molecular complexity index is 1900. The van der Waals surface area contributed by atoms with Crippen molar-refractivity contribution < 1.29 is 13.9 Å². The zero-order chi connectivity index (χ0) is 32.6. The number of fused-ring (bicyclic) bond motifs is 1. The molecule has 1 saturated heterocycles. The molecular formula is C33H35FN10O2. The molecule has 0 aromatic carbocycles. The predicted octanol–water partition coefficient (Wildman–Crippen LogP) is 5.24. The topological polar surface area (TPSA) is 121 Å². The van der Waals surface area contributed by atoms with Crippen LogP contribution in [-0.2, 0) is 4.74 Å². The van der Waals surface area contributed by atoms with E-state index in [4.69, 9.17) is 9.72 Å². The van der Waals surface area contributed by atoms with Crippen molar-refractivity contribution in [3.05, 3.63) is 84.5 Å². The molecule has 1 atom stereocenters. The Labute approximate surface area is 266 Å². The lowest BCUT2D eigenvalue weighted by Gasteiger charge is -2.36. The van der Waals surface area contributed by atoms with Gasteiger partial charge in [-0.2, -0.15) is 15.5 Å². The minimum atomic E-state index is -0.546. The molecule has 0 unspecified atom stereocenters. The maximum Gasteiger partial charge on any atom is 0.410 e. The molecule has 0 spiro atoms. The van der Waals surface area contributed by atoms with E-state index in [9.17, 15) is 14.4 Å². The standard InChI is InChI=1S/C33H35FN10O2/c1-22(23-6-9-30(37-16-23)43-20-26(34)19-39-43)40(5)29-8-7-24(17-36-29)28-14-27(21-44-31(28)25(15-35)18-38-44)41-10-12-42(13-11-41)32(45)46-33(2,3)4/h6-9,14,16-22H,10-13H2,1-5H3/t22-/m0/s1. The highest BCUT2D eigenvalue weighted by Gasteiger charge is 2.27. The van der Waals surface area contributed by atoms with Crippen LogP contribution in [0.15, 0.2) is 67.5 Å². The van der Waals surface area contributed by atoms with Crippen LogP contribution in [0.1, 0.15) is 44.9 Å². The fourth-order valence-corrected chi connectivity index (χ4v) is 5.44. The summed E-state index contributed by atoms with van der Waals surface area (Å²) in [5.74, 6) is 0.866. The van der Waals surface area contributed by atoms with Crippen molar-refractivity contribution in [1.29, 1.82) is 5.26 Å². The van der Waals surface area contributed by atoms with Gasteiger partial charge in [0.25, 0.3) is 0 Å². The number of halogens is 1. The molecule has 1 aliphatic heterocycles. The number of pyridine rings is 3. The first kappa shape index (κ1) is 30.5. The van der Waals surface area contributed by atoms with Crippen LogP contribution >= 0.6 is 0 Å². The van der Waals surface area contributed by atoms with E-state index in [0.29, 0.717) is 43.1 Å². The number of ether oxygens (including phenoxy) is 1. The van der Waals surface area contributed by atoms with E-state index in [-0.39, 0.29) is 12.1 Å². The van der Waals surface area contributed by atoms with Gasteiger partial charge in [0.2, 0.25) is 0 Å². The van der Waals surface area contributed by atoms with Crippen LogP contribution in [0.4, 0.5) is 20.7 Å². The Morgan fingerprint density at radius 1 is 1.02 bits per heavy atom. The zero-order valence-electron chi connectivity index (χ0n) is 26.4. The Balaban J connectivity index is 1.22. The normalized spacial score (nSPS) is 14.3. The van der Waals surface area contributed by atoms with Crippen molar-refractivity contribution in [2.45, 2.75) is 39.3 Å². The fourth-order valence-electron chi connectivity index (χ4n) is 5.44. The number of piperazine rings is 1. The molecule has 46 heavy (non-hydrogen) atoms.